The van der Waals surface area contributed by atoms with Crippen molar-refractivity contribution in [2.45, 2.75) is 49.1 Å². The van der Waals surface area contributed by atoms with Crippen molar-refractivity contribution in [1.29, 1.82) is 0 Å². The number of rotatable bonds is 3. The number of phenolic OH excluding ortho intramolecular Hbond substituents is 1. The van der Waals surface area contributed by atoms with Gasteiger partial charge < -0.3 is 10.2 Å². The van der Waals surface area contributed by atoms with Crippen LogP contribution in [0.1, 0.15) is 32.1 Å². The summed E-state index contributed by atoms with van der Waals surface area (Å²) in [6.07, 6.45) is 3.37. The van der Waals surface area contributed by atoms with Gasteiger partial charge in [-0.2, -0.15) is 0 Å². The van der Waals surface area contributed by atoms with Crippen molar-refractivity contribution >= 4 is 10.0 Å². The van der Waals surface area contributed by atoms with E-state index in [1.54, 1.807) is 12.1 Å². The number of hydrogen-bond donors (Lipinski definition) is 3. The first-order chi connectivity index (χ1) is 9.00. The Morgan fingerprint density at radius 1 is 1.11 bits per heavy atom. The summed E-state index contributed by atoms with van der Waals surface area (Å²) in [6.45, 7) is 0. The van der Waals surface area contributed by atoms with Gasteiger partial charge in [0, 0.05) is 6.04 Å². The Hall–Kier alpha value is -1.11. The molecule has 1 fully saturated rings. The van der Waals surface area contributed by atoms with Gasteiger partial charge in [0.15, 0.2) is 0 Å². The van der Waals surface area contributed by atoms with Gasteiger partial charge >= 0.3 is 0 Å². The van der Waals surface area contributed by atoms with E-state index in [4.69, 9.17) is 0 Å². The van der Waals surface area contributed by atoms with Crippen molar-refractivity contribution in [1.82, 2.24) is 4.72 Å². The van der Waals surface area contributed by atoms with Crippen molar-refractivity contribution < 1.29 is 18.6 Å². The highest BCUT2D eigenvalue weighted by Gasteiger charge is 2.28. The second-order valence-electron chi connectivity index (χ2n) is 4.90. The Morgan fingerprint density at radius 2 is 1.79 bits per heavy atom. The third-order valence-corrected chi connectivity index (χ3v) is 4.98. The Labute approximate surface area is 113 Å². The molecule has 3 N–H and O–H groups in total. The van der Waals surface area contributed by atoms with Crippen LogP contribution >= 0.6 is 0 Å². The minimum Gasteiger partial charge on any atom is -0.507 e. The topological polar surface area (TPSA) is 86.6 Å². The number of benzene rings is 1. The molecule has 1 aliphatic rings. The zero-order valence-electron chi connectivity index (χ0n) is 10.6. The van der Waals surface area contributed by atoms with Crippen LogP contribution in [0.2, 0.25) is 0 Å². The van der Waals surface area contributed by atoms with Gasteiger partial charge in [0.2, 0.25) is 10.0 Å². The number of aromatic hydroxyl groups is 1. The van der Waals surface area contributed by atoms with E-state index in [1.165, 1.54) is 12.1 Å². The van der Waals surface area contributed by atoms with Gasteiger partial charge in [0.05, 0.1) is 6.10 Å². The van der Waals surface area contributed by atoms with E-state index in [0.717, 1.165) is 19.3 Å². The van der Waals surface area contributed by atoms with Gasteiger partial charge in [-0.05, 0) is 25.0 Å². The molecule has 5 nitrogen and oxygen atoms in total. The molecule has 0 aromatic heterocycles. The summed E-state index contributed by atoms with van der Waals surface area (Å²) in [5.41, 5.74) is 0. The van der Waals surface area contributed by atoms with Gasteiger partial charge in [0.25, 0.3) is 0 Å². The molecule has 0 bridgehead atoms. The molecule has 0 aliphatic heterocycles. The van der Waals surface area contributed by atoms with Crippen LogP contribution in [-0.2, 0) is 10.0 Å². The lowest BCUT2D eigenvalue weighted by atomic mass is 10.1. The Balaban J connectivity index is 2.19. The van der Waals surface area contributed by atoms with E-state index in [-0.39, 0.29) is 10.6 Å². The summed E-state index contributed by atoms with van der Waals surface area (Å²) >= 11 is 0. The summed E-state index contributed by atoms with van der Waals surface area (Å²) in [7, 11) is -3.80. The van der Waals surface area contributed by atoms with Crippen LogP contribution in [0.3, 0.4) is 0 Å². The predicted molar refractivity (Wildman–Crippen MR) is 71.3 cm³/mol. The average Bonchev–Trinajstić information content (AvgIpc) is 2.55. The Kier molecular flexibility index (Phi) is 4.44. The first kappa shape index (κ1) is 14.3. The zero-order valence-corrected chi connectivity index (χ0v) is 11.4. The third kappa shape index (κ3) is 3.46. The molecule has 0 saturated heterocycles. The molecular formula is C13H19NO4S. The molecule has 106 valence electrons. The fourth-order valence-electron chi connectivity index (χ4n) is 2.37. The van der Waals surface area contributed by atoms with Gasteiger partial charge in [-0.3, -0.25) is 0 Å². The molecule has 2 atom stereocenters. The first-order valence-electron chi connectivity index (χ1n) is 6.49. The monoisotopic (exact) mass is 285 g/mol. The highest BCUT2D eigenvalue weighted by atomic mass is 32.2. The van der Waals surface area contributed by atoms with Crippen LogP contribution in [0.5, 0.6) is 5.75 Å². The zero-order chi connectivity index (χ0) is 13.9. The molecule has 1 aromatic carbocycles. The molecule has 2 rings (SSSR count). The lowest BCUT2D eigenvalue weighted by Crippen LogP contribution is -2.42. The minimum atomic E-state index is -3.80. The SMILES string of the molecule is O=S(=O)(NC1CCCCCC1O)c1ccccc1O. The number of hydrogen-bond acceptors (Lipinski definition) is 4. The Bertz CT molecular complexity index is 529. The van der Waals surface area contributed by atoms with E-state index >= 15 is 0 Å². The highest BCUT2D eigenvalue weighted by molar-refractivity contribution is 7.89. The highest BCUT2D eigenvalue weighted by Crippen LogP contribution is 2.24. The maximum Gasteiger partial charge on any atom is 0.244 e. The smallest absolute Gasteiger partial charge is 0.244 e. The van der Waals surface area contributed by atoms with E-state index in [9.17, 15) is 18.6 Å². The van der Waals surface area contributed by atoms with E-state index in [2.05, 4.69) is 4.72 Å². The summed E-state index contributed by atoms with van der Waals surface area (Å²) in [5, 5.41) is 19.6. The van der Waals surface area contributed by atoms with Crippen molar-refractivity contribution in [3.05, 3.63) is 24.3 Å². The van der Waals surface area contributed by atoms with Crippen LogP contribution < -0.4 is 4.72 Å². The number of phenols is 1. The lowest BCUT2D eigenvalue weighted by molar-refractivity contribution is 0.130. The van der Waals surface area contributed by atoms with Crippen LogP contribution in [-0.4, -0.2) is 30.8 Å². The largest absolute Gasteiger partial charge is 0.507 e. The Morgan fingerprint density at radius 3 is 2.53 bits per heavy atom. The molecule has 19 heavy (non-hydrogen) atoms. The molecule has 2 unspecified atom stereocenters. The predicted octanol–water partition coefficient (Wildman–Crippen LogP) is 1.36. The summed E-state index contributed by atoms with van der Waals surface area (Å²) in [4.78, 5) is -0.147. The second kappa shape index (κ2) is 5.90. The maximum absolute atomic E-state index is 12.2. The number of aliphatic hydroxyl groups is 1. The standard InChI is InChI=1S/C13H19NO4S/c15-11-7-3-1-2-6-10(11)14-19(17,18)13-9-5-4-8-12(13)16/h4-5,8-11,14-16H,1-3,6-7H2. The third-order valence-electron chi connectivity index (χ3n) is 3.44. The van der Waals surface area contributed by atoms with Crippen LogP contribution in [0, 0.1) is 0 Å². The molecule has 1 saturated carbocycles. The molecule has 0 heterocycles. The van der Waals surface area contributed by atoms with Crippen molar-refractivity contribution in [3.8, 4) is 5.75 Å². The quantitative estimate of drug-likeness (QED) is 0.732. The van der Waals surface area contributed by atoms with Crippen molar-refractivity contribution in [3.63, 3.8) is 0 Å². The summed E-state index contributed by atoms with van der Waals surface area (Å²) < 4.78 is 26.9. The van der Waals surface area contributed by atoms with Crippen molar-refractivity contribution in [2.24, 2.45) is 0 Å². The summed E-state index contributed by atoms with van der Waals surface area (Å²) in [6, 6.07) is 5.32. The van der Waals surface area contributed by atoms with E-state index in [1.807, 2.05) is 0 Å². The molecule has 0 spiro atoms. The average molecular weight is 285 g/mol. The number of para-hydroxylation sites is 1. The van der Waals surface area contributed by atoms with E-state index in [0.29, 0.717) is 12.8 Å². The van der Waals surface area contributed by atoms with Crippen molar-refractivity contribution in [2.75, 3.05) is 0 Å². The van der Waals surface area contributed by atoms with Gasteiger partial charge in [-0.25, -0.2) is 13.1 Å². The maximum atomic E-state index is 12.2. The normalized spacial score (nSPS) is 24.9. The van der Waals surface area contributed by atoms with Crippen LogP contribution in [0.15, 0.2) is 29.2 Å². The molecule has 0 amide bonds. The van der Waals surface area contributed by atoms with E-state index < -0.39 is 22.2 Å². The van der Waals surface area contributed by atoms with Crippen LogP contribution in [0.25, 0.3) is 0 Å². The molecule has 6 heteroatoms. The van der Waals surface area contributed by atoms with Gasteiger partial charge in [-0.1, -0.05) is 31.4 Å². The van der Waals surface area contributed by atoms with Crippen LogP contribution in [0.4, 0.5) is 0 Å². The van der Waals surface area contributed by atoms with Gasteiger partial charge in [-0.15, -0.1) is 0 Å². The molecule has 1 aromatic rings. The lowest BCUT2D eigenvalue weighted by Gasteiger charge is -2.21. The molecule has 0 radical (unpaired) electrons. The summed E-state index contributed by atoms with van der Waals surface area (Å²) in [5.74, 6) is -0.280. The fraction of sp³-hybridized carbons (Fsp3) is 0.538. The fourth-order valence-corrected chi connectivity index (χ4v) is 3.77. The second-order valence-corrected chi connectivity index (χ2v) is 6.58. The number of sulfonamides is 1. The molecule has 1 aliphatic carbocycles. The number of nitrogens with one attached hydrogen (secondary N) is 1. The minimum absolute atomic E-state index is 0.147. The first-order valence-corrected chi connectivity index (χ1v) is 7.97. The molecular weight excluding hydrogens is 266 g/mol. The number of aliphatic hydroxyl groups excluding tert-OH is 1. The van der Waals surface area contributed by atoms with Gasteiger partial charge in [0.1, 0.15) is 10.6 Å².